The van der Waals surface area contributed by atoms with E-state index in [-0.39, 0.29) is 11.9 Å². The molecule has 0 radical (unpaired) electrons. The summed E-state index contributed by atoms with van der Waals surface area (Å²) in [6, 6.07) is 6.58. The normalized spacial score (nSPS) is 15.1. The summed E-state index contributed by atoms with van der Waals surface area (Å²) in [6.45, 7) is 4.04. The van der Waals surface area contributed by atoms with Gasteiger partial charge in [-0.1, -0.05) is 18.2 Å². The van der Waals surface area contributed by atoms with Gasteiger partial charge in [-0.3, -0.25) is 0 Å². The third-order valence-electron chi connectivity index (χ3n) is 2.09. The largest absolute Gasteiger partial charge is 0.392 e. The van der Waals surface area contributed by atoms with Gasteiger partial charge in [0.15, 0.2) is 0 Å². The maximum atomic E-state index is 13.3. The molecule has 78 valence electrons. The first-order valence-electron chi connectivity index (χ1n) is 4.77. The number of nitrogens with one attached hydrogen (secondary N) is 1. The van der Waals surface area contributed by atoms with Crippen LogP contribution in [0, 0.1) is 5.82 Å². The van der Waals surface area contributed by atoms with Crippen molar-refractivity contribution in [1.29, 1.82) is 0 Å². The van der Waals surface area contributed by atoms with Crippen molar-refractivity contribution in [3.05, 3.63) is 35.6 Å². The predicted molar refractivity (Wildman–Crippen MR) is 54.5 cm³/mol. The van der Waals surface area contributed by atoms with Crippen molar-refractivity contribution in [2.24, 2.45) is 0 Å². The highest BCUT2D eigenvalue weighted by Crippen LogP contribution is 2.15. The van der Waals surface area contributed by atoms with Crippen LogP contribution >= 0.6 is 0 Å². The molecular weight excluding hydrogens is 181 g/mol. The van der Waals surface area contributed by atoms with E-state index in [1.165, 1.54) is 6.07 Å². The van der Waals surface area contributed by atoms with Gasteiger partial charge < -0.3 is 10.4 Å². The second kappa shape index (κ2) is 5.08. The monoisotopic (exact) mass is 197 g/mol. The fourth-order valence-electron chi connectivity index (χ4n) is 1.28. The van der Waals surface area contributed by atoms with Gasteiger partial charge in [0.2, 0.25) is 0 Å². The van der Waals surface area contributed by atoms with Crippen LogP contribution < -0.4 is 5.32 Å². The maximum Gasteiger partial charge on any atom is 0.127 e. The van der Waals surface area contributed by atoms with Crippen molar-refractivity contribution in [1.82, 2.24) is 5.32 Å². The summed E-state index contributed by atoms with van der Waals surface area (Å²) < 4.78 is 13.3. The van der Waals surface area contributed by atoms with Crippen LogP contribution in [-0.4, -0.2) is 17.8 Å². The zero-order valence-corrected chi connectivity index (χ0v) is 8.50. The summed E-state index contributed by atoms with van der Waals surface area (Å²) in [7, 11) is 0. The second-order valence-corrected chi connectivity index (χ2v) is 3.50. The topological polar surface area (TPSA) is 32.3 Å². The average Bonchev–Trinajstić information content (AvgIpc) is 2.15. The van der Waals surface area contributed by atoms with Crippen LogP contribution in [0.3, 0.4) is 0 Å². The first-order valence-corrected chi connectivity index (χ1v) is 4.77. The van der Waals surface area contributed by atoms with E-state index >= 15 is 0 Å². The first kappa shape index (κ1) is 11.1. The van der Waals surface area contributed by atoms with Crippen molar-refractivity contribution in [3.8, 4) is 0 Å². The Bertz CT molecular complexity index is 288. The third kappa shape index (κ3) is 3.09. The van der Waals surface area contributed by atoms with Gasteiger partial charge in [0, 0.05) is 18.2 Å². The van der Waals surface area contributed by atoms with Crippen LogP contribution in [0.15, 0.2) is 24.3 Å². The number of hydrogen-bond donors (Lipinski definition) is 2. The van der Waals surface area contributed by atoms with Crippen molar-refractivity contribution < 1.29 is 9.50 Å². The minimum atomic E-state index is -0.413. The molecule has 2 nitrogen and oxygen atoms in total. The van der Waals surface area contributed by atoms with Gasteiger partial charge in [-0.25, -0.2) is 4.39 Å². The fourth-order valence-corrected chi connectivity index (χ4v) is 1.28. The molecule has 0 aliphatic carbocycles. The lowest BCUT2D eigenvalue weighted by atomic mass is 10.1. The zero-order valence-electron chi connectivity index (χ0n) is 8.50. The van der Waals surface area contributed by atoms with Gasteiger partial charge in [0.25, 0.3) is 0 Å². The van der Waals surface area contributed by atoms with Crippen LogP contribution in [-0.2, 0) is 0 Å². The van der Waals surface area contributed by atoms with E-state index in [0.717, 1.165) is 0 Å². The molecule has 3 heteroatoms. The number of rotatable bonds is 4. The molecule has 1 aromatic carbocycles. The summed E-state index contributed by atoms with van der Waals surface area (Å²) in [5.41, 5.74) is 0.633. The number of aliphatic hydroxyl groups excluding tert-OH is 1. The van der Waals surface area contributed by atoms with Crippen LogP contribution in [0.5, 0.6) is 0 Å². The maximum absolute atomic E-state index is 13.3. The van der Waals surface area contributed by atoms with E-state index in [2.05, 4.69) is 5.32 Å². The average molecular weight is 197 g/mol. The van der Waals surface area contributed by atoms with Crippen LogP contribution in [0.2, 0.25) is 0 Å². The van der Waals surface area contributed by atoms with E-state index in [4.69, 9.17) is 5.11 Å². The second-order valence-electron chi connectivity index (χ2n) is 3.50. The van der Waals surface area contributed by atoms with Gasteiger partial charge >= 0.3 is 0 Å². The molecule has 1 unspecified atom stereocenters. The quantitative estimate of drug-likeness (QED) is 0.772. The highest BCUT2D eigenvalue weighted by atomic mass is 19.1. The lowest BCUT2D eigenvalue weighted by Crippen LogP contribution is -2.27. The Morgan fingerprint density at radius 3 is 2.57 bits per heavy atom. The van der Waals surface area contributed by atoms with E-state index in [0.29, 0.717) is 12.1 Å². The molecule has 2 atom stereocenters. The molecule has 1 aromatic rings. The molecule has 0 spiro atoms. The van der Waals surface area contributed by atoms with Crippen molar-refractivity contribution in [2.75, 3.05) is 6.54 Å². The van der Waals surface area contributed by atoms with Crippen molar-refractivity contribution in [2.45, 2.75) is 26.0 Å². The summed E-state index contributed by atoms with van der Waals surface area (Å²) in [5.74, 6) is -0.210. The number of benzene rings is 1. The minimum Gasteiger partial charge on any atom is -0.392 e. The summed E-state index contributed by atoms with van der Waals surface area (Å²) in [5, 5.41) is 12.1. The summed E-state index contributed by atoms with van der Waals surface area (Å²) in [4.78, 5) is 0. The molecule has 0 heterocycles. The lowest BCUT2D eigenvalue weighted by molar-refractivity contribution is 0.187. The van der Waals surface area contributed by atoms with Gasteiger partial charge in [-0.05, 0) is 19.9 Å². The highest BCUT2D eigenvalue weighted by Gasteiger charge is 2.09. The molecule has 0 aromatic heterocycles. The Morgan fingerprint density at radius 2 is 2.00 bits per heavy atom. The third-order valence-corrected chi connectivity index (χ3v) is 2.09. The smallest absolute Gasteiger partial charge is 0.127 e. The Morgan fingerprint density at radius 1 is 1.36 bits per heavy atom. The molecule has 0 bridgehead atoms. The van der Waals surface area contributed by atoms with Gasteiger partial charge in [-0.15, -0.1) is 0 Å². The fraction of sp³-hybridized carbons (Fsp3) is 0.455. The molecule has 0 amide bonds. The molecule has 0 fully saturated rings. The van der Waals surface area contributed by atoms with E-state index in [1.54, 1.807) is 25.1 Å². The molecule has 1 rings (SSSR count). The summed E-state index contributed by atoms with van der Waals surface area (Å²) >= 11 is 0. The molecule has 14 heavy (non-hydrogen) atoms. The molecule has 0 saturated heterocycles. The summed E-state index contributed by atoms with van der Waals surface area (Å²) in [6.07, 6.45) is -0.413. The minimum absolute atomic E-state index is 0.0780. The molecule has 2 N–H and O–H groups in total. The van der Waals surface area contributed by atoms with Gasteiger partial charge in [0.05, 0.1) is 6.10 Å². The highest BCUT2D eigenvalue weighted by molar-refractivity contribution is 5.20. The molecule has 0 aliphatic heterocycles. The lowest BCUT2D eigenvalue weighted by Gasteiger charge is -2.15. The molecule has 0 saturated carbocycles. The standard InChI is InChI=1S/C11H16FNO/c1-8(14)7-13-9(2)10-5-3-4-6-11(10)12/h3-6,8-9,13-14H,7H2,1-2H3/t8-,9?/m0/s1. The van der Waals surface area contributed by atoms with Crippen molar-refractivity contribution in [3.63, 3.8) is 0 Å². The Kier molecular flexibility index (Phi) is 4.04. The van der Waals surface area contributed by atoms with Crippen LogP contribution in [0.25, 0.3) is 0 Å². The van der Waals surface area contributed by atoms with Crippen LogP contribution in [0.4, 0.5) is 4.39 Å². The van der Waals surface area contributed by atoms with E-state index in [9.17, 15) is 4.39 Å². The predicted octanol–water partition coefficient (Wildman–Crippen LogP) is 1.86. The first-order chi connectivity index (χ1) is 6.61. The SMILES string of the molecule is CC(NC[C@H](C)O)c1ccccc1F. The molecule has 0 aliphatic rings. The number of hydrogen-bond acceptors (Lipinski definition) is 2. The van der Waals surface area contributed by atoms with E-state index < -0.39 is 6.10 Å². The Labute approximate surface area is 83.8 Å². The molecular formula is C11H16FNO. The van der Waals surface area contributed by atoms with Crippen LogP contribution in [0.1, 0.15) is 25.5 Å². The van der Waals surface area contributed by atoms with E-state index in [1.807, 2.05) is 6.92 Å². The number of halogens is 1. The van der Waals surface area contributed by atoms with Crippen molar-refractivity contribution >= 4 is 0 Å². The number of aliphatic hydroxyl groups is 1. The van der Waals surface area contributed by atoms with Gasteiger partial charge in [0.1, 0.15) is 5.82 Å². The Balaban J connectivity index is 2.60. The van der Waals surface area contributed by atoms with Gasteiger partial charge in [-0.2, -0.15) is 0 Å². The zero-order chi connectivity index (χ0) is 10.6. The Hall–Kier alpha value is -0.930.